The van der Waals surface area contributed by atoms with Gasteiger partial charge in [-0.15, -0.1) is 0 Å². The maximum absolute atomic E-state index is 12.9. The molecule has 0 radical (unpaired) electrons. The first-order chi connectivity index (χ1) is 16.4. The van der Waals surface area contributed by atoms with Crippen molar-refractivity contribution in [3.63, 3.8) is 0 Å². The van der Waals surface area contributed by atoms with E-state index in [2.05, 4.69) is 5.32 Å². The van der Waals surface area contributed by atoms with Gasteiger partial charge in [-0.25, -0.2) is 0 Å². The SMILES string of the molecule is O=C1CCC(N2Cc3cc(OC[C@H]4CCCCN4C(=O)[C@@H]4CCC(=O)O4)ccc3C2=O)C(=O)N1. The van der Waals surface area contributed by atoms with Crippen LogP contribution in [-0.4, -0.2) is 70.7 Å². The van der Waals surface area contributed by atoms with Gasteiger partial charge in [-0.2, -0.15) is 0 Å². The molecule has 4 aliphatic rings. The molecule has 1 unspecified atom stereocenters. The predicted octanol–water partition coefficient (Wildman–Crippen LogP) is 0.913. The average Bonchev–Trinajstić information content (AvgIpc) is 3.40. The van der Waals surface area contributed by atoms with Gasteiger partial charge in [0.2, 0.25) is 11.8 Å². The molecule has 1 aromatic rings. The summed E-state index contributed by atoms with van der Waals surface area (Å²) in [5.74, 6) is -0.889. The first kappa shape index (κ1) is 22.4. The standard InChI is InChI=1S/C24H27N3O7/c28-20-8-6-18(22(30)25-20)27-12-14-11-16(4-5-17(14)23(27)31)33-13-15-3-1-2-10-26(15)24(32)19-7-9-21(29)34-19/h4-5,11,15,18-19H,1-3,6-10,12-13H2,(H,25,28,30)/t15-,18?,19+/m1/s1. The van der Waals surface area contributed by atoms with Crippen LogP contribution in [-0.2, 0) is 30.5 Å². The van der Waals surface area contributed by atoms with Gasteiger partial charge in [0.15, 0.2) is 6.10 Å². The highest BCUT2D eigenvalue weighted by atomic mass is 16.6. The summed E-state index contributed by atoms with van der Waals surface area (Å²) in [4.78, 5) is 64.1. The Morgan fingerprint density at radius 2 is 1.94 bits per heavy atom. The lowest BCUT2D eigenvalue weighted by Gasteiger charge is -2.36. The summed E-state index contributed by atoms with van der Waals surface area (Å²) in [6, 6.07) is 4.44. The number of amides is 4. The Morgan fingerprint density at radius 3 is 2.71 bits per heavy atom. The molecule has 10 nitrogen and oxygen atoms in total. The van der Waals surface area contributed by atoms with Crippen molar-refractivity contribution in [2.24, 2.45) is 0 Å². The molecular formula is C24H27N3O7. The van der Waals surface area contributed by atoms with Gasteiger partial charge < -0.3 is 19.3 Å². The van der Waals surface area contributed by atoms with E-state index in [1.54, 1.807) is 23.1 Å². The summed E-state index contributed by atoms with van der Waals surface area (Å²) in [5, 5.41) is 2.30. The lowest BCUT2D eigenvalue weighted by Crippen LogP contribution is -2.52. The van der Waals surface area contributed by atoms with Gasteiger partial charge in [0.1, 0.15) is 18.4 Å². The minimum atomic E-state index is -0.697. The summed E-state index contributed by atoms with van der Waals surface area (Å²) in [7, 11) is 0. The number of nitrogens with one attached hydrogen (secondary N) is 1. The summed E-state index contributed by atoms with van der Waals surface area (Å²) in [5.41, 5.74) is 1.29. The van der Waals surface area contributed by atoms with Gasteiger partial charge >= 0.3 is 5.97 Å². The Labute approximate surface area is 196 Å². The van der Waals surface area contributed by atoms with Crippen molar-refractivity contribution in [3.8, 4) is 5.75 Å². The van der Waals surface area contributed by atoms with Gasteiger partial charge in [0.05, 0.1) is 6.04 Å². The maximum Gasteiger partial charge on any atom is 0.306 e. The van der Waals surface area contributed by atoms with Gasteiger partial charge in [-0.3, -0.25) is 29.3 Å². The van der Waals surface area contributed by atoms with E-state index >= 15 is 0 Å². The van der Waals surface area contributed by atoms with Crippen molar-refractivity contribution >= 4 is 29.6 Å². The monoisotopic (exact) mass is 469 g/mol. The minimum Gasteiger partial charge on any atom is -0.491 e. The van der Waals surface area contributed by atoms with Gasteiger partial charge in [0, 0.05) is 37.9 Å². The van der Waals surface area contributed by atoms with Crippen molar-refractivity contribution in [2.45, 2.75) is 69.7 Å². The van der Waals surface area contributed by atoms with Crippen LogP contribution in [0.25, 0.3) is 0 Å². The van der Waals surface area contributed by atoms with Crippen LogP contribution >= 0.6 is 0 Å². The highest BCUT2D eigenvalue weighted by Crippen LogP contribution is 2.31. The van der Waals surface area contributed by atoms with Gasteiger partial charge in [-0.05, 0) is 49.4 Å². The molecule has 0 aliphatic carbocycles. The number of carbonyl (C=O) groups excluding carboxylic acids is 5. The molecule has 5 rings (SSSR count). The van der Waals surface area contributed by atoms with E-state index < -0.39 is 18.1 Å². The highest BCUT2D eigenvalue weighted by Gasteiger charge is 2.40. The molecule has 4 amide bonds. The number of nitrogens with zero attached hydrogens (tertiary/aromatic N) is 2. The van der Waals surface area contributed by atoms with Crippen LogP contribution in [0.4, 0.5) is 0 Å². The van der Waals surface area contributed by atoms with Crippen LogP contribution in [0.1, 0.15) is 60.9 Å². The molecule has 0 aromatic heterocycles. The molecule has 3 atom stereocenters. The first-order valence-electron chi connectivity index (χ1n) is 11.8. The van der Waals surface area contributed by atoms with E-state index in [9.17, 15) is 24.0 Å². The fourth-order valence-corrected chi connectivity index (χ4v) is 5.18. The molecule has 4 heterocycles. The van der Waals surface area contributed by atoms with Crippen LogP contribution in [0, 0.1) is 0 Å². The number of ether oxygens (including phenoxy) is 2. The topological polar surface area (TPSA) is 122 Å². The second kappa shape index (κ2) is 9.08. The highest BCUT2D eigenvalue weighted by molar-refractivity contribution is 6.05. The van der Waals surface area contributed by atoms with E-state index in [-0.39, 0.29) is 49.1 Å². The number of carbonyl (C=O) groups is 5. The third-order valence-electron chi connectivity index (χ3n) is 7.01. The van der Waals surface area contributed by atoms with Crippen molar-refractivity contribution < 1.29 is 33.4 Å². The zero-order valence-corrected chi connectivity index (χ0v) is 18.8. The average molecular weight is 469 g/mol. The smallest absolute Gasteiger partial charge is 0.306 e. The summed E-state index contributed by atoms with van der Waals surface area (Å²) in [6.45, 7) is 1.19. The van der Waals surface area contributed by atoms with Crippen LogP contribution < -0.4 is 10.1 Å². The van der Waals surface area contributed by atoms with Crippen LogP contribution in [0.3, 0.4) is 0 Å². The van der Waals surface area contributed by atoms with Crippen molar-refractivity contribution in [2.75, 3.05) is 13.2 Å². The fourth-order valence-electron chi connectivity index (χ4n) is 5.18. The Hall–Kier alpha value is -3.43. The lowest BCUT2D eigenvalue weighted by molar-refractivity contribution is -0.155. The number of hydrogen-bond donors (Lipinski definition) is 1. The maximum atomic E-state index is 12.9. The Kier molecular flexibility index (Phi) is 5.97. The zero-order valence-electron chi connectivity index (χ0n) is 18.8. The van der Waals surface area contributed by atoms with Crippen molar-refractivity contribution in [3.05, 3.63) is 29.3 Å². The number of esters is 1. The molecular weight excluding hydrogens is 442 g/mol. The van der Waals surface area contributed by atoms with E-state index in [0.29, 0.717) is 37.3 Å². The number of rotatable bonds is 5. The normalized spacial score (nSPS) is 26.9. The van der Waals surface area contributed by atoms with E-state index in [1.807, 2.05) is 0 Å². The minimum absolute atomic E-state index is 0.115. The number of piperidine rings is 2. The molecule has 0 bridgehead atoms. The summed E-state index contributed by atoms with van der Waals surface area (Å²) in [6.07, 6.45) is 3.22. The fraction of sp³-hybridized carbons (Fsp3) is 0.542. The van der Waals surface area contributed by atoms with E-state index in [4.69, 9.17) is 9.47 Å². The van der Waals surface area contributed by atoms with Crippen LogP contribution in [0.15, 0.2) is 18.2 Å². The molecule has 4 aliphatic heterocycles. The van der Waals surface area contributed by atoms with Crippen LogP contribution in [0.5, 0.6) is 5.75 Å². The summed E-state index contributed by atoms with van der Waals surface area (Å²) < 4.78 is 11.2. The Morgan fingerprint density at radius 1 is 1.09 bits per heavy atom. The lowest BCUT2D eigenvalue weighted by atomic mass is 10.0. The first-order valence-corrected chi connectivity index (χ1v) is 11.8. The van der Waals surface area contributed by atoms with E-state index in [0.717, 1.165) is 24.8 Å². The zero-order chi connectivity index (χ0) is 23.8. The molecule has 34 heavy (non-hydrogen) atoms. The van der Waals surface area contributed by atoms with Crippen LogP contribution in [0.2, 0.25) is 0 Å². The molecule has 1 aromatic carbocycles. The predicted molar refractivity (Wildman–Crippen MR) is 116 cm³/mol. The molecule has 10 heteroatoms. The number of likely N-dealkylation sites (tertiary alicyclic amines) is 1. The Balaban J connectivity index is 1.23. The second-order valence-electron chi connectivity index (χ2n) is 9.23. The molecule has 3 fully saturated rings. The van der Waals surface area contributed by atoms with Crippen molar-refractivity contribution in [1.82, 2.24) is 15.1 Å². The van der Waals surface area contributed by atoms with Crippen molar-refractivity contribution in [1.29, 1.82) is 0 Å². The molecule has 0 saturated carbocycles. The largest absolute Gasteiger partial charge is 0.491 e. The number of fused-ring (bicyclic) bond motifs is 1. The number of cyclic esters (lactones) is 1. The third-order valence-corrected chi connectivity index (χ3v) is 7.01. The Bertz CT molecular complexity index is 1060. The number of hydrogen-bond acceptors (Lipinski definition) is 7. The third kappa shape index (κ3) is 4.24. The second-order valence-corrected chi connectivity index (χ2v) is 9.23. The molecule has 3 saturated heterocycles. The summed E-state index contributed by atoms with van der Waals surface area (Å²) >= 11 is 0. The number of benzene rings is 1. The molecule has 0 spiro atoms. The molecule has 1 N–H and O–H groups in total. The van der Waals surface area contributed by atoms with E-state index in [1.165, 1.54) is 4.90 Å². The van der Waals surface area contributed by atoms with Gasteiger partial charge in [0.25, 0.3) is 11.8 Å². The molecule has 180 valence electrons. The quantitative estimate of drug-likeness (QED) is 0.502. The van der Waals surface area contributed by atoms with Gasteiger partial charge in [-0.1, -0.05) is 0 Å². The number of imide groups is 1.